The normalized spacial score (nSPS) is 18.8. The molecule has 0 aromatic rings. The van der Waals surface area contributed by atoms with Gasteiger partial charge in [0.1, 0.15) is 0 Å². The van der Waals surface area contributed by atoms with Gasteiger partial charge in [0.2, 0.25) is 5.91 Å². The van der Waals surface area contributed by atoms with Crippen molar-refractivity contribution in [1.82, 2.24) is 15.1 Å². The van der Waals surface area contributed by atoms with Crippen LogP contribution in [0, 0.1) is 0 Å². The topological polar surface area (TPSA) is 35.6 Å². The van der Waals surface area contributed by atoms with Crippen molar-refractivity contribution in [3.8, 4) is 0 Å². The summed E-state index contributed by atoms with van der Waals surface area (Å²) < 4.78 is 0. The predicted molar refractivity (Wildman–Crippen MR) is 79.2 cm³/mol. The van der Waals surface area contributed by atoms with Crippen LogP contribution in [-0.4, -0.2) is 73.5 Å². The molecule has 1 aliphatic heterocycles. The number of nitrogens with one attached hydrogen (secondary N) is 1. The molecule has 18 heavy (non-hydrogen) atoms. The van der Waals surface area contributed by atoms with Crippen LogP contribution in [-0.2, 0) is 4.79 Å². The highest BCUT2D eigenvalue weighted by Gasteiger charge is 2.20. The predicted octanol–water partition coefficient (Wildman–Crippen LogP) is 0.882. The van der Waals surface area contributed by atoms with Gasteiger partial charge in [-0.3, -0.25) is 9.69 Å². The maximum absolute atomic E-state index is 12.2. The number of carbonyl (C=O) groups is 1. The molecule has 0 aliphatic carbocycles. The molecule has 1 unspecified atom stereocenters. The number of hydrogen-bond donors (Lipinski definition) is 1. The first-order chi connectivity index (χ1) is 8.69. The van der Waals surface area contributed by atoms with Gasteiger partial charge in [0.15, 0.2) is 0 Å². The van der Waals surface area contributed by atoms with Gasteiger partial charge in [-0.1, -0.05) is 6.92 Å². The van der Waals surface area contributed by atoms with E-state index in [9.17, 15) is 4.79 Å². The van der Waals surface area contributed by atoms with E-state index in [-0.39, 0.29) is 5.91 Å². The molecule has 1 rings (SSSR count). The second-order valence-corrected chi connectivity index (χ2v) is 5.83. The Bertz CT molecular complexity index is 242. The smallest absolute Gasteiger partial charge is 0.236 e. The minimum atomic E-state index is 0.278. The van der Waals surface area contributed by atoms with Gasteiger partial charge in [-0.25, -0.2) is 0 Å². The third-order valence-electron chi connectivity index (χ3n) is 3.53. The first kappa shape index (κ1) is 15.8. The summed E-state index contributed by atoms with van der Waals surface area (Å²) in [5.74, 6) is 1.38. The summed E-state index contributed by atoms with van der Waals surface area (Å²) in [4.78, 5) is 16.4. The van der Waals surface area contributed by atoms with Gasteiger partial charge < -0.3 is 10.2 Å². The summed E-state index contributed by atoms with van der Waals surface area (Å²) in [5, 5.41) is 3.33. The summed E-state index contributed by atoms with van der Waals surface area (Å²) >= 11 is 1.85. The molecule has 5 heteroatoms. The molecule has 1 atom stereocenters. The van der Waals surface area contributed by atoms with E-state index < -0.39 is 0 Å². The Morgan fingerprint density at radius 2 is 2.22 bits per heavy atom. The number of likely N-dealkylation sites (N-methyl/N-ethyl adjacent to an activating group) is 1. The fourth-order valence-electron chi connectivity index (χ4n) is 2.29. The molecule has 106 valence electrons. The van der Waals surface area contributed by atoms with Crippen molar-refractivity contribution in [3.05, 3.63) is 0 Å². The molecule has 1 aliphatic rings. The molecule has 1 fully saturated rings. The van der Waals surface area contributed by atoms with Crippen LogP contribution in [0.4, 0.5) is 0 Å². The quantitative estimate of drug-likeness (QED) is 0.779. The molecule has 1 amide bonds. The van der Waals surface area contributed by atoms with Crippen LogP contribution in [0.2, 0.25) is 0 Å². The van der Waals surface area contributed by atoms with Crippen LogP contribution < -0.4 is 5.32 Å². The number of rotatable bonds is 6. The van der Waals surface area contributed by atoms with E-state index in [1.165, 1.54) is 0 Å². The van der Waals surface area contributed by atoms with Crippen LogP contribution in [0.15, 0.2) is 0 Å². The van der Waals surface area contributed by atoms with Crippen LogP contribution >= 0.6 is 11.8 Å². The number of nitrogens with zero attached hydrogens (tertiary/aromatic N) is 2. The second kappa shape index (κ2) is 8.77. The Morgan fingerprint density at radius 3 is 2.89 bits per heavy atom. The van der Waals surface area contributed by atoms with Crippen molar-refractivity contribution in [1.29, 1.82) is 0 Å². The Hall–Kier alpha value is -0.260. The number of amides is 1. The van der Waals surface area contributed by atoms with Gasteiger partial charge in [-0.05, 0) is 32.7 Å². The van der Waals surface area contributed by atoms with Crippen LogP contribution in [0.25, 0.3) is 0 Å². The average Bonchev–Trinajstić information content (AvgIpc) is 2.64. The third-order valence-corrected chi connectivity index (χ3v) is 4.25. The van der Waals surface area contributed by atoms with E-state index in [1.807, 2.05) is 16.7 Å². The minimum absolute atomic E-state index is 0.278. The van der Waals surface area contributed by atoms with E-state index in [4.69, 9.17) is 0 Å². The lowest BCUT2D eigenvalue weighted by Crippen LogP contribution is -2.44. The number of thioether (sulfide) groups is 1. The summed E-state index contributed by atoms with van der Waals surface area (Å²) in [6, 6.07) is 0.508. The van der Waals surface area contributed by atoms with E-state index >= 15 is 0 Å². The standard InChI is InChI=1S/C13H27N3OS/c1-4-12(11-18-3)15(2)10-13(17)16-8-5-6-14-7-9-16/h12,14H,4-11H2,1-3H3. The van der Waals surface area contributed by atoms with Crippen LogP contribution in [0.3, 0.4) is 0 Å². The fourth-order valence-corrected chi connectivity index (χ4v) is 3.16. The zero-order valence-electron chi connectivity index (χ0n) is 11.9. The monoisotopic (exact) mass is 273 g/mol. The maximum atomic E-state index is 12.2. The summed E-state index contributed by atoms with van der Waals surface area (Å²) in [7, 11) is 2.07. The van der Waals surface area contributed by atoms with Gasteiger partial charge >= 0.3 is 0 Å². The number of hydrogen-bond acceptors (Lipinski definition) is 4. The summed E-state index contributed by atoms with van der Waals surface area (Å²) in [6.45, 7) is 6.46. The fraction of sp³-hybridized carbons (Fsp3) is 0.923. The molecule has 0 spiro atoms. The largest absolute Gasteiger partial charge is 0.340 e. The molecule has 1 heterocycles. The molecular formula is C13H27N3OS. The summed E-state index contributed by atoms with van der Waals surface area (Å²) in [6.07, 6.45) is 4.29. The minimum Gasteiger partial charge on any atom is -0.340 e. The molecule has 0 saturated carbocycles. The molecule has 0 bridgehead atoms. The highest BCUT2D eigenvalue weighted by atomic mass is 32.2. The van der Waals surface area contributed by atoms with Gasteiger partial charge in [-0.15, -0.1) is 0 Å². The summed E-state index contributed by atoms with van der Waals surface area (Å²) in [5.41, 5.74) is 0. The van der Waals surface area contributed by atoms with Crippen LogP contribution in [0.5, 0.6) is 0 Å². The highest BCUT2D eigenvalue weighted by Crippen LogP contribution is 2.09. The van der Waals surface area contributed by atoms with Crippen LogP contribution in [0.1, 0.15) is 19.8 Å². The molecule has 0 aromatic carbocycles. The van der Waals surface area contributed by atoms with Crippen molar-refractivity contribution in [2.75, 3.05) is 51.8 Å². The highest BCUT2D eigenvalue weighted by molar-refractivity contribution is 7.98. The van der Waals surface area contributed by atoms with E-state index in [0.29, 0.717) is 12.6 Å². The average molecular weight is 273 g/mol. The zero-order chi connectivity index (χ0) is 13.4. The van der Waals surface area contributed by atoms with Crippen molar-refractivity contribution in [2.45, 2.75) is 25.8 Å². The van der Waals surface area contributed by atoms with Gasteiger partial charge in [0.25, 0.3) is 0 Å². The Labute approximate surface area is 115 Å². The Kier molecular flexibility index (Phi) is 7.70. The lowest BCUT2D eigenvalue weighted by atomic mass is 10.2. The Balaban J connectivity index is 2.41. The first-order valence-electron chi connectivity index (χ1n) is 6.86. The number of carbonyl (C=O) groups excluding carboxylic acids is 1. The second-order valence-electron chi connectivity index (χ2n) is 4.92. The van der Waals surface area contributed by atoms with Gasteiger partial charge in [-0.2, -0.15) is 11.8 Å². The molecule has 0 radical (unpaired) electrons. The molecule has 1 saturated heterocycles. The van der Waals surface area contributed by atoms with E-state index in [0.717, 1.165) is 44.8 Å². The SMILES string of the molecule is CCC(CSC)N(C)CC(=O)N1CCCNCC1. The van der Waals surface area contributed by atoms with E-state index in [2.05, 4.69) is 30.4 Å². The lowest BCUT2D eigenvalue weighted by Gasteiger charge is -2.29. The molecule has 4 nitrogen and oxygen atoms in total. The molecule has 0 aromatic heterocycles. The van der Waals surface area contributed by atoms with Crippen molar-refractivity contribution < 1.29 is 4.79 Å². The maximum Gasteiger partial charge on any atom is 0.236 e. The van der Waals surface area contributed by atoms with Crippen molar-refractivity contribution in [2.24, 2.45) is 0 Å². The molecule has 1 N–H and O–H groups in total. The Morgan fingerprint density at radius 1 is 1.44 bits per heavy atom. The van der Waals surface area contributed by atoms with E-state index in [1.54, 1.807) is 0 Å². The van der Waals surface area contributed by atoms with Crippen molar-refractivity contribution >= 4 is 17.7 Å². The van der Waals surface area contributed by atoms with Crippen molar-refractivity contribution in [3.63, 3.8) is 0 Å². The van der Waals surface area contributed by atoms with Gasteiger partial charge in [0, 0.05) is 31.4 Å². The zero-order valence-corrected chi connectivity index (χ0v) is 12.8. The lowest BCUT2D eigenvalue weighted by molar-refractivity contribution is -0.132. The third kappa shape index (κ3) is 5.16. The van der Waals surface area contributed by atoms with Gasteiger partial charge in [0.05, 0.1) is 6.54 Å². The first-order valence-corrected chi connectivity index (χ1v) is 8.26. The molecular weight excluding hydrogens is 246 g/mol.